The van der Waals surface area contributed by atoms with E-state index in [1.807, 2.05) is 57.2 Å². The van der Waals surface area contributed by atoms with Gasteiger partial charge in [0.25, 0.3) is 5.91 Å². The third kappa shape index (κ3) is 4.71. The maximum Gasteiger partial charge on any atom is 0.262 e. The van der Waals surface area contributed by atoms with Gasteiger partial charge in [-0.15, -0.1) is 11.3 Å². The Bertz CT molecular complexity index is 1070. The highest BCUT2D eigenvalue weighted by molar-refractivity contribution is 7.20. The minimum atomic E-state index is -0.181. The highest BCUT2D eigenvalue weighted by atomic mass is 32.1. The topological polar surface area (TPSA) is 70.6 Å². The Labute approximate surface area is 187 Å². The molecule has 7 nitrogen and oxygen atoms in total. The van der Waals surface area contributed by atoms with E-state index in [2.05, 4.69) is 26.3 Å². The van der Waals surface area contributed by atoms with Gasteiger partial charge in [-0.05, 0) is 26.0 Å². The number of thiophene rings is 1. The molecule has 1 amide bonds. The molecule has 4 rings (SSSR count). The van der Waals surface area contributed by atoms with Crippen LogP contribution in [0.15, 0.2) is 36.7 Å². The molecular formula is C23H29N5O2S. The molecule has 1 aliphatic heterocycles. The van der Waals surface area contributed by atoms with Gasteiger partial charge >= 0.3 is 0 Å². The van der Waals surface area contributed by atoms with Crippen LogP contribution in [0.3, 0.4) is 0 Å². The van der Waals surface area contributed by atoms with Crippen molar-refractivity contribution < 1.29 is 9.53 Å². The predicted molar refractivity (Wildman–Crippen MR) is 125 cm³/mol. The zero-order valence-corrected chi connectivity index (χ0v) is 19.3. The van der Waals surface area contributed by atoms with Crippen molar-refractivity contribution in [3.05, 3.63) is 52.7 Å². The molecule has 3 aromatic heterocycles. The molecule has 1 fully saturated rings. The number of amides is 1. The van der Waals surface area contributed by atoms with Crippen molar-refractivity contribution in [3.63, 3.8) is 0 Å². The maximum atomic E-state index is 13.0. The van der Waals surface area contributed by atoms with E-state index in [0.29, 0.717) is 18.0 Å². The summed E-state index contributed by atoms with van der Waals surface area (Å²) in [6, 6.07) is 8.12. The van der Waals surface area contributed by atoms with Crippen LogP contribution in [0.5, 0.6) is 0 Å². The first-order valence-electron chi connectivity index (χ1n) is 10.6. The van der Waals surface area contributed by atoms with Crippen LogP contribution >= 0.6 is 11.3 Å². The van der Waals surface area contributed by atoms with Crippen LogP contribution in [-0.4, -0.2) is 60.6 Å². The van der Waals surface area contributed by atoms with E-state index in [1.165, 1.54) is 16.9 Å². The Morgan fingerprint density at radius 3 is 2.84 bits per heavy atom. The first-order valence-corrected chi connectivity index (χ1v) is 11.4. The number of nitrogens with one attached hydrogen (secondary N) is 1. The lowest BCUT2D eigenvalue weighted by atomic mass is 10.0. The summed E-state index contributed by atoms with van der Waals surface area (Å²) in [6.45, 7) is 6.90. The molecule has 4 heterocycles. The number of pyridine rings is 2. The van der Waals surface area contributed by atoms with Gasteiger partial charge in [-0.3, -0.25) is 9.69 Å². The van der Waals surface area contributed by atoms with E-state index in [1.54, 1.807) is 6.20 Å². The van der Waals surface area contributed by atoms with Gasteiger partial charge < -0.3 is 15.0 Å². The van der Waals surface area contributed by atoms with Crippen molar-refractivity contribution in [2.75, 3.05) is 38.7 Å². The molecule has 0 bridgehead atoms. The SMILES string of the molecule is CC(C)NC(=O)c1sc2ncccc2c1C1CN(Cc2cccnc2N(C)C)CCO1. The summed E-state index contributed by atoms with van der Waals surface area (Å²) in [4.78, 5) is 28.0. The molecule has 1 aliphatic rings. The molecule has 0 radical (unpaired) electrons. The number of carbonyl (C=O) groups is 1. The van der Waals surface area contributed by atoms with Crippen LogP contribution in [0.25, 0.3) is 10.2 Å². The summed E-state index contributed by atoms with van der Waals surface area (Å²) in [5.74, 6) is 0.920. The number of morpholine rings is 1. The highest BCUT2D eigenvalue weighted by Crippen LogP contribution is 2.37. The average molecular weight is 440 g/mol. The second-order valence-electron chi connectivity index (χ2n) is 8.30. The number of hydrogen-bond donors (Lipinski definition) is 1. The van der Waals surface area contributed by atoms with E-state index in [4.69, 9.17) is 4.74 Å². The van der Waals surface area contributed by atoms with Gasteiger partial charge in [0, 0.05) is 68.7 Å². The number of carbonyl (C=O) groups excluding carboxylic acids is 1. The van der Waals surface area contributed by atoms with Gasteiger partial charge in [0.2, 0.25) is 0 Å². The lowest BCUT2D eigenvalue weighted by Gasteiger charge is -2.34. The van der Waals surface area contributed by atoms with Crippen LogP contribution in [0.2, 0.25) is 0 Å². The monoisotopic (exact) mass is 439 g/mol. The largest absolute Gasteiger partial charge is 0.371 e. The quantitative estimate of drug-likeness (QED) is 0.634. The van der Waals surface area contributed by atoms with Crippen molar-refractivity contribution >= 4 is 33.3 Å². The Balaban J connectivity index is 1.63. The van der Waals surface area contributed by atoms with Crippen molar-refractivity contribution in [2.24, 2.45) is 0 Å². The number of anilines is 1. The van der Waals surface area contributed by atoms with Crippen molar-refractivity contribution in [3.8, 4) is 0 Å². The Morgan fingerprint density at radius 1 is 1.29 bits per heavy atom. The molecule has 0 saturated carbocycles. The van der Waals surface area contributed by atoms with E-state index < -0.39 is 0 Å². The van der Waals surface area contributed by atoms with E-state index in [-0.39, 0.29) is 18.1 Å². The van der Waals surface area contributed by atoms with E-state index >= 15 is 0 Å². The van der Waals surface area contributed by atoms with Crippen LogP contribution in [-0.2, 0) is 11.3 Å². The first kappa shape index (κ1) is 21.7. The number of aromatic nitrogens is 2. The van der Waals surface area contributed by atoms with Crippen molar-refractivity contribution in [1.29, 1.82) is 0 Å². The number of hydrogen-bond acceptors (Lipinski definition) is 7. The Morgan fingerprint density at radius 2 is 2.06 bits per heavy atom. The van der Waals surface area contributed by atoms with Gasteiger partial charge in [0.1, 0.15) is 15.5 Å². The van der Waals surface area contributed by atoms with E-state index in [0.717, 1.165) is 34.7 Å². The van der Waals surface area contributed by atoms with Gasteiger partial charge in [-0.1, -0.05) is 12.1 Å². The third-order valence-corrected chi connectivity index (χ3v) is 6.42. The number of fused-ring (bicyclic) bond motifs is 1. The normalized spacial score (nSPS) is 17.3. The van der Waals surface area contributed by atoms with Gasteiger partial charge in [0.05, 0.1) is 12.7 Å². The summed E-state index contributed by atoms with van der Waals surface area (Å²) in [6.07, 6.45) is 3.41. The van der Waals surface area contributed by atoms with E-state index in [9.17, 15) is 4.79 Å². The zero-order valence-electron chi connectivity index (χ0n) is 18.5. The summed E-state index contributed by atoms with van der Waals surface area (Å²) in [7, 11) is 4.02. The summed E-state index contributed by atoms with van der Waals surface area (Å²) < 4.78 is 6.20. The van der Waals surface area contributed by atoms with Crippen LogP contribution in [0.4, 0.5) is 5.82 Å². The first-order chi connectivity index (χ1) is 14.9. The lowest BCUT2D eigenvalue weighted by molar-refractivity contribution is -0.0323. The molecule has 164 valence electrons. The second-order valence-corrected chi connectivity index (χ2v) is 9.30. The van der Waals surface area contributed by atoms with Crippen LogP contribution in [0.1, 0.15) is 40.8 Å². The van der Waals surface area contributed by atoms with Crippen molar-refractivity contribution in [2.45, 2.75) is 32.5 Å². The second kappa shape index (κ2) is 9.30. The number of ether oxygens (including phenoxy) is 1. The fourth-order valence-electron chi connectivity index (χ4n) is 3.99. The predicted octanol–water partition coefficient (Wildman–Crippen LogP) is 3.47. The fraction of sp³-hybridized carbons (Fsp3) is 0.435. The molecular weight excluding hydrogens is 410 g/mol. The zero-order chi connectivity index (χ0) is 22.0. The maximum absolute atomic E-state index is 13.0. The standard InChI is InChI=1S/C23H29N5O2S/c1-15(2)26-22(29)20-19(17-8-6-10-25-23(17)31-20)18-14-28(11-12-30-18)13-16-7-5-9-24-21(16)27(3)4/h5-10,15,18H,11-14H2,1-4H3,(H,26,29). The van der Waals surface area contributed by atoms with Gasteiger partial charge in [-0.2, -0.15) is 0 Å². The molecule has 31 heavy (non-hydrogen) atoms. The van der Waals surface area contributed by atoms with Gasteiger partial charge in [-0.25, -0.2) is 9.97 Å². The average Bonchev–Trinajstić information content (AvgIpc) is 3.13. The Kier molecular flexibility index (Phi) is 6.50. The molecule has 1 N–H and O–H groups in total. The minimum absolute atomic E-state index is 0.0594. The van der Waals surface area contributed by atoms with Crippen molar-refractivity contribution in [1.82, 2.24) is 20.2 Å². The molecule has 1 saturated heterocycles. The number of rotatable bonds is 6. The molecule has 8 heteroatoms. The van der Waals surface area contributed by atoms with Crippen LogP contribution in [0, 0.1) is 0 Å². The minimum Gasteiger partial charge on any atom is -0.371 e. The van der Waals surface area contributed by atoms with Gasteiger partial charge in [0.15, 0.2) is 0 Å². The lowest BCUT2D eigenvalue weighted by Crippen LogP contribution is -2.39. The molecule has 0 aromatic carbocycles. The third-order valence-electron chi connectivity index (χ3n) is 5.29. The fourth-order valence-corrected chi connectivity index (χ4v) is 5.08. The number of nitrogens with zero attached hydrogens (tertiary/aromatic N) is 4. The Hall–Kier alpha value is -2.55. The summed E-state index contributed by atoms with van der Waals surface area (Å²) in [5, 5.41) is 4.03. The van der Waals surface area contributed by atoms with Crippen LogP contribution < -0.4 is 10.2 Å². The summed E-state index contributed by atoms with van der Waals surface area (Å²) >= 11 is 1.44. The molecule has 1 atom stereocenters. The molecule has 3 aromatic rings. The molecule has 1 unspecified atom stereocenters. The molecule has 0 aliphatic carbocycles. The summed E-state index contributed by atoms with van der Waals surface area (Å²) in [5.41, 5.74) is 2.14. The highest BCUT2D eigenvalue weighted by Gasteiger charge is 2.30. The smallest absolute Gasteiger partial charge is 0.262 e. The molecule has 0 spiro atoms.